The zero-order chi connectivity index (χ0) is 26.4. The molecule has 2 aliphatic rings. The Kier molecular flexibility index (Phi) is 6.12. The van der Waals surface area contributed by atoms with Crippen LogP contribution >= 0.6 is 0 Å². The minimum absolute atomic E-state index is 0.0180. The quantitative estimate of drug-likeness (QED) is 0.416. The van der Waals surface area contributed by atoms with Gasteiger partial charge in [0.05, 0.1) is 11.4 Å². The van der Waals surface area contributed by atoms with Gasteiger partial charge < -0.3 is 15.5 Å². The van der Waals surface area contributed by atoms with Crippen molar-refractivity contribution in [1.82, 2.24) is 24.5 Å². The van der Waals surface area contributed by atoms with E-state index in [0.29, 0.717) is 12.6 Å². The van der Waals surface area contributed by atoms with Gasteiger partial charge in [-0.15, -0.1) is 0 Å². The molecule has 0 atom stereocenters. The van der Waals surface area contributed by atoms with E-state index in [0.717, 1.165) is 76.7 Å². The summed E-state index contributed by atoms with van der Waals surface area (Å²) in [6.07, 6.45) is 3.73. The van der Waals surface area contributed by atoms with Crippen LogP contribution in [-0.2, 0) is 6.54 Å². The van der Waals surface area contributed by atoms with Crippen molar-refractivity contribution in [3.63, 3.8) is 0 Å². The average Bonchev–Trinajstić information content (AvgIpc) is 3.56. The summed E-state index contributed by atoms with van der Waals surface area (Å²) in [5, 5.41) is 6.37. The number of imidazole rings is 1. The second-order valence-corrected chi connectivity index (χ2v) is 10.4. The van der Waals surface area contributed by atoms with Gasteiger partial charge in [-0.25, -0.2) is 4.98 Å². The molecule has 2 aromatic carbocycles. The van der Waals surface area contributed by atoms with Crippen molar-refractivity contribution in [1.29, 1.82) is 0 Å². The molecule has 38 heavy (non-hydrogen) atoms. The SMILES string of the molecule is Cc1cc(Nc2ccc(-c3ccc4c(c3)CNC4=O)n3ccnc23)ccc1C(=O)N1CCN(C(C)C)CC1. The highest BCUT2D eigenvalue weighted by molar-refractivity contribution is 5.99. The lowest BCUT2D eigenvalue weighted by Crippen LogP contribution is -2.50. The molecule has 6 rings (SSSR count). The molecule has 0 unspecified atom stereocenters. The number of carbonyl (C=O) groups is 2. The molecule has 4 aromatic rings. The number of nitrogens with zero attached hydrogens (tertiary/aromatic N) is 4. The van der Waals surface area contributed by atoms with E-state index in [1.807, 2.05) is 54.4 Å². The van der Waals surface area contributed by atoms with E-state index < -0.39 is 0 Å². The topological polar surface area (TPSA) is 82.0 Å². The Morgan fingerprint density at radius 1 is 1.03 bits per heavy atom. The number of benzene rings is 2. The van der Waals surface area contributed by atoms with Crippen molar-refractivity contribution in [2.24, 2.45) is 0 Å². The van der Waals surface area contributed by atoms with Crippen LogP contribution in [0.4, 0.5) is 11.4 Å². The van der Waals surface area contributed by atoms with Gasteiger partial charge in [-0.05, 0) is 79.9 Å². The lowest BCUT2D eigenvalue weighted by molar-refractivity contribution is 0.0594. The van der Waals surface area contributed by atoms with Crippen LogP contribution < -0.4 is 10.6 Å². The maximum absolute atomic E-state index is 13.2. The van der Waals surface area contributed by atoms with Gasteiger partial charge in [0.25, 0.3) is 11.8 Å². The predicted octanol–water partition coefficient (Wildman–Crippen LogP) is 4.46. The Bertz CT molecular complexity index is 1550. The Labute approximate surface area is 222 Å². The van der Waals surface area contributed by atoms with E-state index in [-0.39, 0.29) is 11.8 Å². The molecule has 2 N–H and O–H groups in total. The lowest BCUT2D eigenvalue weighted by Gasteiger charge is -2.37. The molecule has 0 bridgehead atoms. The fourth-order valence-corrected chi connectivity index (χ4v) is 5.49. The molecule has 2 aromatic heterocycles. The molecule has 2 amide bonds. The van der Waals surface area contributed by atoms with Crippen LogP contribution in [0.5, 0.6) is 0 Å². The van der Waals surface area contributed by atoms with Gasteiger partial charge in [-0.2, -0.15) is 0 Å². The van der Waals surface area contributed by atoms with Gasteiger partial charge in [0, 0.05) is 68.0 Å². The second kappa shape index (κ2) is 9.61. The summed E-state index contributed by atoms with van der Waals surface area (Å²) in [6, 6.07) is 16.4. The Morgan fingerprint density at radius 3 is 2.61 bits per heavy atom. The highest BCUT2D eigenvalue weighted by Crippen LogP contribution is 2.30. The summed E-state index contributed by atoms with van der Waals surface area (Å²) >= 11 is 0. The van der Waals surface area contributed by atoms with Gasteiger partial charge in [0.1, 0.15) is 0 Å². The Balaban J connectivity index is 1.22. The molecule has 8 heteroatoms. The van der Waals surface area contributed by atoms with Crippen LogP contribution in [0.1, 0.15) is 45.7 Å². The average molecular weight is 509 g/mol. The highest BCUT2D eigenvalue weighted by Gasteiger charge is 2.24. The molecular weight excluding hydrogens is 476 g/mol. The van der Waals surface area contributed by atoms with E-state index in [4.69, 9.17) is 0 Å². The van der Waals surface area contributed by atoms with E-state index in [1.54, 1.807) is 6.20 Å². The Morgan fingerprint density at radius 2 is 1.84 bits per heavy atom. The minimum Gasteiger partial charge on any atom is -0.352 e. The van der Waals surface area contributed by atoms with Crippen LogP contribution in [0.25, 0.3) is 16.9 Å². The third-order valence-corrected chi connectivity index (χ3v) is 7.70. The van der Waals surface area contributed by atoms with E-state index in [9.17, 15) is 9.59 Å². The first kappa shape index (κ1) is 24.2. The van der Waals surface area contributed by atoms with Gasteiger partial charge in [0.2, 0.25) is 0 Å². The monoisotopic (exact) mass is 508 g/mol. The van der Waals surface area contributed by atoms with Gasteiger partial charge >= 0.3 is 0 Å². The summed E-state index contributed by atoms with van der Waals surface area (Å²) in [4.78, 5) is 34.1. The highest BCUT2D eigenvalue weighted by atomic mass is 16.2. The second-order valence-electron chi connectivity index (χ2n) is 10.4. The number of carbonyl (C=O) groups excluding carboxylic acids is 2. The maximum atomic E-state index is 13.2. The van der Waals surface area contributed by atoms with Crippen molar-refractivity contribution < 1.29 is 9.59 Å². The standard InChI is InChI=1S/C30H32N6O2/c1-19(2)34-12-14-35(15-13-34)30(38)24-7-5-23(16-20(24)3)33-26-8-9-27(36-11-10-31-28(26)36)21-4-6-25-22(17-21)18-32-29(25)37/h4-11,16-17,19,33H,12-15,18H2,1-3H3,(H,32,37). The first-order chi connectivity index (χ1) is 18.4. The normalized spacial score (nSPS) is 15.7. The molecule has 1 fully saturated rings. The van der Waals surface area contributed by atoms with Crippen molar-refractivity contribution in [3.05, 3.63) is 83.2 Å². The van der Waals surface area contributed by atoms with Gasteiger partial charge in [-0.3, -0.25) is 18.9 Å². The van der Waals surface area contributed by atoms with E-state index in [1.165, 1.54) is 0 Å². The molecule has 8 nitrogen and oxygen atoms in total. The van der Waals surface area contributed by atoms with Crippen LogP contribution in [0.2, 0.25) is 0 Å². The van der Waals surface area contributed by atoms with Crippen molar-refractivity contribution in [3.8, 4) is 11.3 Å². The number of aromatic nitrogens is 2. The molecule has 0 aliphatic carbocycles. The minimum atomic E-state index is -0.0180. The first-order valence-corrected chi connectivity index (χ1v) is 13.2. The zero-order valence-corrected chi connectivity index (χ0v) is 22.0. The molecule has 0 spiro atoms. The molecule has 4 heterocycles. The molecule has 0 radical (unpaired) electrons. The molecule has 1 saturated heterocycles. The van der Waals surface area contributed by atoms with E-state index in [2.05, 4.69) is 50.9 Å². The summed E-state index contributed by atoms with van der Waals surface area (Å²) in [5.41, 5.74) is 8.06. The number of hydrogen-bond acceptors (Lipinski definition) is 5. The molecule has 2 aliphatic heterocycles. The van der Waals surface area contributed by atoms with Gasteiger partial charge in [0.15, 0.2) is 5.65 Å². The number of rotatable bonds is 5. The fourth-order valence-electron chi connectivity index (χ4n) is 5.49. The zero-order valence-electron chi connectivity index (χ0n) is 22.0. The van der Waals surface area contributed by atoms with E-state index >= 15 is 0 Å². The number of piperazine rings is 1. The third kappa shape index (κ3) is 4.31. The third-order valence-electron chi connectivity index (χ3n) is 7.70. The number of hydrogen-bond donors (Lipinski definition) is 2. The summed E-state index contributed by atoms with van der Waals surface area (Å²) in [5.74, 6) is 0.0827. The molecule has 194 valence electrons. The number of pyridine rings is 1. The number of fused-ring (bicyclic) bond motifs is 2. The number of anilines is 2. The largest absolute Gasteiger partial charge is 0.352 e. The molecular formula is C30H32N6O2. The first-order valence-electron chi connectivity index (χ1n) is 13.2. The Hall–Kier alpha value is -4.17. The number of aryl methyl sites for hydroxylation is 1. The van der Waals surface area contributed by atoms with Crippen LogP contribution in [0, 0.1) is 6.92 Å². The lowest BCUT2D eigenvalue weighted by atomic mass is 10.0. The predicted molar refractivity (Wildman–Crippen MR) is 149 cm³/mol. The maximum Gasteiger partial charge on any atom is 0.254 e. The number of amides is 2. The summed E-state index contributed by atoms with van der Waals surface area (Å²) in [7, 11) is 0. The smallest absolute Gasteiger partial charge is 0.254 e. The van der Waals surface area contributed by atoms with Crippen LogP contribution in [0.15, 0.2) is 60.9 Å². The fraction of sp³-hybridized carbons (Fsp3) is 0.300. The summed E-state index contributed by atoms with van der Waals surface area (Å²) in [6.45, 7) is 10.3. The summed E-state index contributed by atoms with van der Waals surface area (Å²) < 4.78 is 2.05. The van der Waals surface area contributed by atoms with Crippen LogP contribution in [-0.4, -0.2) is 63.2 Å². The van der Waals surface area contributed by atoms with Crippen LogP contribution in [0.3, 0.4) is 0 Å². The van der Waals surface area contributed by atoms with Crippen molar-refractivity contribution in [2.75, 3.05) is 31.5 Å². The van der Waals surface area contributed by atoms with Crippen molar-refractivity contribution in [2.45, 2.75) is 33.4 Å². The molecule has 0 saturated carbocycles. The van der Waals surface area contributed by atoms with Crippen molar-refractivity contribution >= 4 is 28.8 Å². The number of nitrogens with one attached hydrogen (secondary N) is 2. The van der Waals surface area contributed by atoms with Gasteiger partial charge in [-0.1, -0.05) is 6.07 Å².